The van der Waals surface area contributed by atoms with Gasteiger partial charge in [0.15, 0.2) is 0 Å². The van der Waals surface area contributed by atoms with Crippen molar-refractivity contribution >= 4 is 31.0 Å². The van der Waals surface area contributed by atoms with Gasteiger partial charge < -0.3 is 28.4 Å². The van der Waals surface area contributed by atoms with Gasteiger partial charge in [-0.3, -0.25) is 0 Å². The van der Waals surface area contributed by atoms with Gasteiger partial charge >= 0.3 is 11.9 Å². The smallest absolute Gasteiger partial charge is 0.330 e. The van der Waals surface area contributed by atoms with Gasteiger partial charge in [0.2, 0.25) is 0 Å². The van der Waals surface area contributed by atoms with E-state index in [2.05, 4.69) is 27.0 Å². The van der Waals surface area contributed by atoms with Crippen molar-refractivity contribution in [3.05, 3.63) is 25.3 Å². The lowest BCUT2D eigenvalue weighted by molar-refractivity contribution is -0.138. The molecule has 0 aromatic rings. The summed E-state index contributed by atoms with van der Waals surface area (Å²) in [5.74, 6) is -0.727. The van der Waals surface area contributed by atoms with Crippen molar-refractivity contribution in [3.63, 3.8) is 0 Å². The highest BCUT2D eigenvalue weighted by Crippen LogP contribution is 2.06. The fraction of sp³-hybridized carbons (Fsp3) is 0.786. The van der Waals surface area contributed by atoms with Gasteiger partial charge in [-0.25, -0.2) is 9.59 Å². The van der Waals surface area contributed by atoms with Crippen LogP contribution < -0.4 is 0 Å². The van der Waals surface area contributed by atoms with Crippen LogP contribution in [0.1, 0.15) is 80.1 Å². The molecule has 0 aromatic heterocycles. The zero-order chi connectivity index (χ0) is 29.0. The van der Waals surface area contributed by atoms with E-state index in [1.165, 1.54) is 12.2 Å². The number of hydrogen-bond donors (Lipinski definition) is 0. The minimum Gasteiger partial charge on any atom is -0.463 e. The van der Waals surface area contributed by atoms with Crippen LogP contribution >= 0.6 is 0 Å². The van der Waals surface area contributed by atoms with Gasteiger partial charge in [-0.15, -0.1) is 0 Å². The van der Waals surface area contributed by atoms with Crippen molar-refractivity contribution in [3.8, 4) is 0 Å². The van der Waals surface area contributed by atoms with Gasteiger partial charge in [-0.1, -0.05) is 51.9 Å². The molecule has 0 rings (SSSR count). The third-order valence-corrected chi connectivity index (χ3v) is 8.56. The fourth-order valence-electron chi connectivity index (χ4n) is 3.00. The topological polar surface area (TPSA) is 89.5 Å². The average Bonchev–Trinajstić information content (AvgIpc) is 2.87. The van der Waals surface area contributed by atoms with Gasteiger partial charge in [0.1, 0.15) is 11.8 Å². The van der Waals surface area contributed by atoms with Crippen LogP contribution in [-0.4, -0.2) is 81.4 Å². The van der Waals surface area contributed by atoms with Crippen molar-refractivity contribution in [1.29, 1.82) is 0 Å². The predicted molar refractivity (Wildman–Crippen MR) is 160 cm³/mol. The largest absolute Gasteiger partial charge is 0.463 e. The molecule has 0 aliphatic rings. The van der Waals surface area contributed by atoms with E-state index in [9.17, 15) is 9.59 Å². The van der Waals surface area contributed by atoms with Gasteiger partial charge in [0.05, 0.1) is 44.5 Å². The quantitative estimate of drug-likeness (QED) is 0.0548. The Morgan fingerprint density at radius 1 is 0.658 bits per heavy atom. The van der Waals surface area contributed by atoms with Gasteiger partial charge in [-0.2, -0.15) is 0 Å². The van der Waals surface area contributed by atoms with E-state index in [0.29, 0.717) is 13.2 Å². The summed E-state index contributed by atoms with van der Waals surface area (Å²) in [6.07, 6.45) is 8.94. The normalized spacial score (nSPS) is 11.6. The predicted octanol–water partition coefficient (Wildman–Crippen LogP) is 4.44. The molecule has 0 spiro atoms. The highest BCUT2D eigenvalue weighted by molar-refractivity contribution is 6.36. The summed E-state index contributed by atoms with van der Waals surface area (Å²) in [6, 6.07) is 2.10. The molecule has 0 atom stereocenters. The van der Waals surface area contributed by atoms with Gasteiger partial charge in [0, 0.05) is 25.4 Å². The third-order valence-electron chi connectivity index (χ3n) is 4.94. The van der Waals surface area contributed by atoms with Crippen LogP contribution in [0.4, 0.5) is 0 Å². The first-order valence-corrected chi connectivity index (χ1v) is 18.0. The van der Waals surface area contributed by atoms with E-state index in [1.807, 2.05) is 27.7 Å². The Morgan fingerprint density at radius 3 is 1.39 bits per heavy atom. The summed E-state index contributed by atoms with van der Waals surface area (Å²) < 4.78 is 32.9. The summed E-state index contributed by atoms with van der Waals surface area (Å²) in [7, 11) is -0.916. The molecule has 0 aromatic carbocycles. The van der Waals surface area contributed by atoms with Crippen molar-refractivity contribution < 1.29 is 38.0 Å². The molecule has 0 bridgehead atoms. The molecule has 10 heteroatoms. The van der Waals surface area contributed by atoms with Crippen molar-refractivity contribution in [1.82, 2.24) is 0 Å². The fourth-order valence-corrected chi connectivity index (χ4v) is 6.36. The summed E-state index contributed by atoms with van der Waals surface area (Å²) in [5, 5.41) is 0. The van der Waals surface area contributed by atoms with Crippen LogP contribution in [0.15, 0.2) is 25.3 Å². The molecule has 0 saturated carbocycles. The van der Waals surface area contributed by atoms with Crippen LogP contribution in [0, 0.1) is 0 Å². The molecule has 0 aliphatic carbocycles. The zero-order valence-electron chi connectivity index (χ0n) is 25.0. The molecule has 224 valence electrons. The average molecular weight is 577 g/mol. The molecule has 0 amide bonds. The second-order valence-corrected chi connectivity index (χ2v) is 13.3. The van der Waals surface area contributed by atoms with E-state index in [0.717, 1.165) is 63.8 Å². The van der Waals surface area contributed by atoms with Crippen molar-refractivity contribution in [2.75, 3.05) is 26.4 Å². The monoisotopic (exact) mass is 576 g/mol. The second-order valence-electron chi connectivity index (χ2n) is 9.41. The summed E-state index contributed by atoms with van der Waals surface area (Å²) in [4.78, 5) is 21.7. The van der Waals surface area contributed by atoms with Gasteiger partial charge in [-0.05, 0) is 53.4 Å². The molecule has 0 unspecified atom stereocenters. The van der Waals surface area contributed by atoms with Crippen LogP contribution in [0.5, 0.6) is 0 Å². The number of esters is 2. The molecular formula is C28H56O8Si2. The third kappa shape index (κ3) is 29.3. The van der Waals surface area contributed by atoms with E-state index in [4.69, 9.17) is 28.4 Å². The maximum absolute atomic E-state index is 10.9. The first-order chi connectivity index (χ1) is 18.2. The lowest BCUT2D eigenvalue weighted by Crippen LogP contribution is -2.30. The maximum atomic E-state index is 10.9. The Balaban J connectivity index is 0. The lowest BCUT2D eigenvalue weighted by Gasteiger charge is -2.22. The molecule has 8 nitrogen and oxygen atoms in total. The standard InChI is InChI=1S/C15H30O4Si.C13H26O4Si/c1-4-7-10-18-15(19-11-8-5-2)20-13-9-12-17-14(16)6-3;1-6-12(14)15-8-7-9-18-13(16-10(2)3)17-11(4)5/h6,15H,3-5,7-13,20H2,1-2H3;6,10-11,13H,1,7-9,18H2,2-5H3. The Bertz CT molecular complexity index is 567. The summed E-state index contributed by atoms with van der Waals surface area (Å²) >= 11 is 0. The molecule has 0 N–H and O–H groups in total. The van der Waals surface area contributed by atoms with Crippen LogP contribution in [-0.2, 0) is 38.0 Å². The Morgan fingerprint density at radius 2 is 1.05 bits per heavy atom. The second kappa shape index (κ2) is 28.7. The van der Waals surface area contributed by atoms with Crippen LogP contribution in [0.25, 0.3) is 0 Å². The van der Waals surface area contributed by atoms with E-state index < -0.39 is 19.0 Å². The number of ether oxygens (including phenoxy) is 6. The molecule has 0 fully saturated rings. The van der Waals surface area contributed by atoms with Crippen molar-refractivity contribution in [2.24, 2.45) is 0 Å². The number of unbranched alkanes of at least 4 members (excludes halogenated alkanes) is 2. The summed E-state index contributed by atoms with van der Waals surface area (Å²) in [6.45, 7) is 21.6. The molecule has 0 aliphatic heterocycles. The first kappa shape index (κ1) is 38.8. The first-order valence-electron chi connectivity index (χ1n) is 14.3. The highest BCUT2D eigenvalue weighted by Gasteiger charge is 2.13. The number of rotatable bonds is 24. The molecule has 0 saturated heterocycles. The SMILES string of the molecule is C=CC(=O)OCCC[SiH2]C(OC(C)C)OC(C)C.C=CC(=O)OCCC[SiH2]C(OCCCC)OCCCC. The Kier molecular flexibility index (Phi) is 29.3. The van der Waals surface area contributed by atoms with Crippen LogP contribution in [0.2, 0.25) is 12.1 Å². The molecule has 38 heavy (non-hydrogen) atoms. The Labute approximate surface area is 236 Å². The maximum Gasteiger partial charge on any atom is 0.330 e. The van der Waals surface area contributed by atoms with Crippen LogP contribution in [0.3, 0.4) is 0 Å². The zero-order valence-corrected chi connectivity index (χ0v) is 27.9. The number of hydrogen-bond acceptors (Lipinski definition) is 8. The van der Waals surface area contributed by atoms with Crippen molar-refractivity contribution in [2.45, 2.75) is 116 Å². The number of carbonyl (C=O) groups is 2. The minimum absolute atomic E-state index is 0.0169. The Hall–Kier alpha value is -1.31. The van der Waals surface area contributed by atoms with E-state index >= 15 is 0 Å². The summed E-state index contributed by atoms with van der Waals surface area (Å²) in [5.41, 5.74) is 0. The van der Waals surface area contributed by atoms with Gasteiger partial charge in [0.25, 0.3) is 0 Å². The number of carbonyl (C=O) groups excluding carboxylic acids is 2. The molecular weight excluding hydrogens is 520 g/mol. The molecule has 0 radical (unpaired) electrons. The minimum atomic E-state index is -0.473. The van der Waals surface area contributed by atoms with E-state index in [1.54, 1.807) is 0 Å². The molecule has 0 heterocycles. The highest BCUT2D eigenvalue weighted by atomic mass is 28.2. The van der Waals surface area contributed by atoms with E-state index in [-0.39, 0.29) is 36.0 Å². The lowest BCUT2D eigenvalue weighted by atomic mass is 10.4.